The van der Waals surface area contributed by atoms with Crippen molar-refractivity contribution in [2.75, 3.05) is 32.1 Å². The lowest BCUT2D eigenvalue weighted by Crippen LogP contribution is -2.68. The van der Waals surface area contributed by atoms with E-state index in [-0.39, 0.29) is 5.91 Å². The van der Waals surface area contributed by atoms with Crippen LogP contribution in [0.5, 0.6) is 5.75 Å². The molecular weight excluding hydrogens is 254 g/mol. The number of amides is 1. The van der Waals surface area contributed by atoms with Crippen molar-refractivity contribution in [3.63, 3.8) is 0 Å². The van der Waals surface area contributed by atoms with Crippen molar-refractivity contribution < 1.29 is 9.53 Å². The Morgan fingerprint density at radius 2 is 2.20 bits per heavy atom. The average Bonchev–Trinajstić information content (AvgIpc) is 2.48. The Balaban J connectivity index is 1.90. The zero-order valence-corrected chi connectivity index (χ0v) is 11.8. The van der Waals surface area contributed by atoms with Gasteiger partial charge < -0.3 is 20.7 Å². The Morgan fingerprint density at radius 1 is 1.45 bits per heavy atom. The lowest BCUT2D eigenvalue weighted by Gasteiger charge is -2.52. The fraction of sp³-hybridized carbons (Fsp3) is 0.533. The molecule has 1 aromatic carbocycles. The molecular formula is C15H21N3O2. The summed E-state index contributed by atoms with van der Waals surface area (Å²) < 4.78 is 5.23. The minimum Gasteiger partial charge on any atom is -0.497 e. The summed E-state index contributed by atoms with van der Waals surface area (Å²) in [7, 11) is 1.64. The molecule has 0 radical (unpaired) electrons. The summed E-state index contributed by atoms with van der Waals surface area (Å²) in [6, 6.07) is 7.66. The van der Waals surface area contributed by atoms with Gasteiger partial charge in [-0.25, -0.2) is 0 Å². The third-order valence-corrected chi connectivity index (χ3v) is 4.63. The van der Waals surface area contributed by atoms with E-state index < -0.39 is 5.54 Å². The summed E-state index contributed by atoms with van der Waals surface area (Å²) >= 11 is 0. The van der Waals surface area contributed by atoms with Gasteiger partial charge in [-0.1, -0.05) is 6.07 Å². The number of fused-ring (bicyclic) bond motifs is 3. The first-order chi connectivity index (χ1) is 9.64. The van der Waals surface area contributed by atoms with Crippen molar-refractivity contribution >= 4 is 11.6 Å². The molecule has 3 heterocycles. The third kappa shape index (κ3) is 2.12. The molecule has 5 heteroatoms. The molecule has 5 nitrogen and oxygen atoms in total. The van der Waals surface area contributed by atoms with Crippen LogP contribution in [0.2, 0.25) is 0 Å². The highest BCUT2D eigenvalue weighted by Crippen LogP contribution is 2.38. The van der Waals surface area contributed by atoms with Crippen LogP contribution < -0.4 is 15.8 Å². The van der Waals surface area contributed by atoms with E-state index in [9.17, 15) is 4.79 Å². The second-order valence-electron chi connectivity index (χ2n) is 5.74. The number of rotatable bonds is 4. The third-order valence-electron chi connectivity index (χ3n) is 4.63. The quantitative estimate of drug-likeness (QED) is 0.862. The van der Waals surface area contributed by atoms with E-state index >= 15 is 0 Å². The number of nitrogens with two attached hydrogens (primary N) is 1. The summed E-state index contributed by atoms with van der Waals surface area (Å²) in [5, 5.41) is 3.40. The lowest BCUT2D eigenvalue weighted by molar-refractivity contribution is -0.128. The van der Waals surface area contributed by atoms with E-state index in [1.807, 2.05) is 24.3 Å². The van der Waals surface area contributed by atoms with Gasteiger partial charge in [0.1, 0.15) is 11.3 Å². The topological polar surface area (TPSA) is 67.6 Å². The summed E-state index contributed by atoms with van der Waals surface area (Å²) in [6.45, 7) is 2.84. The maximum Gasteiger partial charge on any atom is 0.244 e. The molecule has 3 N–H and O–H groups in total. The molecule has 1 unspecified atom stereocenters. The predicted octanol–water partition coefficient (Wildman–Crippen LogP) is 1.06. The number of carbonyl (C=O) groups excluding carboxylic acids is 1. The minimum absolute atomic E-state index is 0.255. The van der Waals surface area contributed by atoms with Gasteiger partial charge in [-0.05, 0) is 44.0 Å². The Morgan fingerprint density at radius 3 is 2.75 bits per heavy atom. The zero-order valence-electron chi connectivity index (χ0n) is 11.8. The van der Waals surface area contributed by atoms with Crippen LogP contribution in [0.15, 0.2) is 24.3 Å². The van der Waals surface area contributed by atoms with Crippen LogP contribution in [0.3, 0.4) is 0 Å². The van der Waals surface area contributed by atoms with Crippen LogP contribution in [-0.2, 0) is 4.79 Å². The number of nitrogens with one attached hydrogen (secondary N) is 1. The smallest absolute Gasteiger partial charge is 0.244 e. The van der Waals surface area contributed by atoms with Gasteiger partial charge in [0.15, 0.2) is 0 Å². The Hall–Kier alpha value is -1.75. The molecule has 0 aromatic heterocycles. The van der Waals surface area contributed by atoms with Gasteiger partial charge in [0.05, 0.1) is 7.11 Å². The average molecular weight is 275 g/mol. The van der Waals surface area contributed by atoms with Crippen LogP contribution >= 0.6 is 0 Å². The number of ether oxygens (including phenoxy) is 1. The molecule has 3 aliphatic rings. The fourth-order valence-electron chi connectivity index (χ4n) is 3.51. The van der Waals surface area contributed by atoms with E-state index in [1.165, 1.54) is 0 Å². The predicted molar refractivity (Wildman–Crippen MR) is 77.7 cm³/mol. The molecule has 3 aliphatic heterocycles. The first kappa shape index (κ1) is 13.2. The van der Waals surface area contributed by atoms with E-state index in [2.05, 4.69) is 10.2 Å². The van der Waals surface area contributed by atoms with Gasteiger partial charge >= 0.3 is 0 Å². The van der Waals surface area contributed by atoms with Gasteiger partial charge in [0.2, 0.25) is 5.91 Å². The van der Waals surface area contributed by atoms with Crippen LogP contribution in [-0.4, -0.2) is 43.1 Å². The molecule has 1 amide bonds. The Kier molecular flexibility index (Phi) is 3.30. The zero-order chi connectivity index (χ0) is 14.2. The summed E-state index contributed by atoms with van der Waals surface area (Å²) in [4.78, 5) is 14.4. The van der Waals surface area contributed by atoms with Crippen molar-refractivity contribution in [1.82, 2.24) is 4.90 Å². The largest absolute Gasteiger partial charge is 0.497 e. The maximum atomic E-state index is 12.1. The van der Waals surface area contributed by atoms with Crippen LogP contribution in [0.1, 0.15) is 12.8 Å². The van der Waals surface area contributed by atoms with E-state index in [1.54, 1.807) is 7.11 Å². The number of primary amides is 1. The standard InChI is InChI=1S/C15H21N3O2/c1-20-13-4-2-3-12(9-13)17-15(14(16)19)10-18-7-5-11(15)6-8-18/h2-4,9,11,17H,5-8,10H2,1H3,(H2,16,19). The molecule has 3 fully saturated rings. The van der Waals surface area contributed by atoms with E-state index in [0.717, 1.165) is 37.4 Å². The van der Waals surface area contributed by atoms with Crippen molar-refractivity contribution in [3.05, 3.63) is 24.3 Å². The highest BCUT2D eigenvalue weighted by molar-refractivity contribution is 5.89. The molecule has 20 heavy (non-hydrogen) atoms. The first-order valence-corrected chi connectivity index (χ1v) is 7.08. The number of benzene rings is 1. The molecule has 3 saturated heterocycles. The van der Waals surface area contributed by atoms with Gasteiger partial charge in [0.25, 0.3) is 0 Å². The van der Waals surface area contributed by atoms with Crippen molar-refractivity contribution in [3.8, 4) is 5.75 Å². The number of hydrogen-bond acceptors (Lipinski definition) is 4. The number of anilines is 1. The van der Waals surface area contributed by atoms with Gasteiger partial charge in [-0.2, -0.15) is 0 Å². The summed E-state index contributed by atoms with van der Waals surface area (Å²) in [5.41, 5.74) is 5.98. The van der Waals surface area contributed by atoms with Crippen LogP contribution in [0.25, 0.3) is 0 Å². The molecule has 0 spiro atoms. The minimum atomic E-state index is -0.650. The molecule has 108 valence electrons. The van der Waals surface area contributed by atoms with Crippen molar-refractivity contribution in [2.24, 2.45) is 11.7 Å². The number of hydrogen-bond donors (Lipinski definition) is 2. The summed E-state index contributed by atoms with van der Waals surface area (Å²) in [5.74, 6) is 0.835. The second kappa shape index (κ2) is 4.98. The Bertz CT molecular complexity index is 512. The number of carbonyl (C=O) groups is 1. The highest BCUT2D eigenvalue weighted by atomic mass is 16.5. The highest BCUT2D eigenvalue weighted by Gasteiger charge is 2.51. The second-order valence-corrected chi connectivity index (χ2v) is 5.74. The number of piperidine rings is 3. The fourth-order valence-corrected chi connectivity index (χ4v) is 3.51. The monoisotopic (exact) mass is 275 g/mol. The molecule has 0 saturated carbocycles. The normalized spacial score (nSPS) is 31.9. The SMILES string of the molecule is COc1cccc(NC2(C(N)=O)CN3CCC2CC3)c1. The van der Waals surface area contributed by atoms with E-state index in [0.29, 0.717) is 12.5 Å². The van der Waals surface area contributed by atoms with Crippen LogP contribution in [0, 0.1) is 5.92 Å². The first-order valence-electron chi connectivity index (χ1n) is 7.08. The maximum absolute atomic E-state index is 12.1. The van der Waals surface area contributed by atoms with Gasteiger partial charge in [0, 0.05) is 18.3 Å². The molecule has 2 bridgehead atoms. The Labute approximate surface area is 119 Å². The number of nitrogens with zero attached hydrogens (tertiary/aromatic N) is 1. The molecule has 1 atom stereocenters. The molecule has 1 aromatic rings. The van der Waals surface area contributed by atoms with Gasteiger partial charge in [-0.3, -0.25) is 4.79 Å². The number of methoxy groups -OCH3 is 1. The molecule has 4 rings (SSSR count). The summed E-state index contributed by atoms with van der Waals surface area (Å²) in [6.07, 6.45) is 2.06. The lowest BCUT2D eigenvalue weighted by atomic mass is 9.72. The molecule has 0 aliphatic carbocycles. The van der Waals surface area contributed by atoms with Crippen LogP contribution in [0.4, 0.5) is 5.69 Å². The van der Waals surface area contributed by atoms with E-state index in [4.69, 9.17) is 10.5 Å². The van der Waals surface area contributed by atoms with Crippen molar-refractivity contribution in [2.45, 2.75) is 18.4 Å². The van der Waals surface area contributed by atoms with Gasteiger partial charge in [-0.15, -0.1) is 0 Å². The van der Waals surface area contributed by atoms with Crippen molar-refractivity contribution in [1.29, 1.82) is 0 Å².